The van der Waals surface area contributed by atoms with E-state index in [4.69, 9.17) is 13.6 Å². The van der Waals surface area contributed by atoms with Crippen molar-refractivity contribution >= 4 is 11.1 Å². The van der Waals surface area contributed by atoms with E-state index in [0.29, 0.717) is 13.2 Å². The zero-order valence-electron chi connectivity index (χ0n) is 9.52. The lowest BCUT2D eigenvalue weighted by molar-refractivity contribution is 0.202. The van der Waals surface area contributed by atoms with Gasteiger partial charge >= 0.3 is 0 Å². The van der Waals surface area contributed by atoms with E-state index in [1.807, 2.05) is 24.3 Å². The number of ether oxygens (including phenoxy) is 1. The SMILES string of the molecule is C=C(COCC(=C)c1ccco1)c1ccco1. The van der Waals surface area contributed by atoms with Crippen LogP contribution in [0.4, 0.5) is 0 Å². The Morgan fingerprint density at radius 2 is 1.41 bits per heavy atom. The second kappa shape index (κ2) is 5.37. The lowest BCUT2D eigenvalue weighted by atomic mass is 10.2. The van der Waals surface area contributed by atoms with Crippen molar-refractivity contribution in [2.24, 2.45) is 0 Å². The van der Waals surface area contributed by atoms with E-state index in [0.717, 1.165) is 22.7 Å². The highest BCUT2D eigenvalue weighted by atomic mass is 16.5. The van der Waals surface area contributed by atoms with E-state index in [2.05, 4.69) is 13.2 Å². The largest absolute Gasteiger partial charge is 0.465 e. The first-order valence-corrected chi connectivity index (χ1v) is 5.28. The van der Waals surface area contributed by atoms with Gasteiger partial charge in [-0.2, -0.15) is 0 Å². The quantitative estimate of drug-likeness (QED) is 0.760. The Hall–Kier alpha value is -2.00. The van der Waals surface area contributed by atoms with Crippen molar-refractivity contribution in [3.05, 3.63) is 61.5 Å². The van der Waals surface area contributed by atoms with Crippen LogP contribution in [0.1, 0.15) is 11.5 Å². The van der Waals surface area contributed by atoms with Crippen molar-refractivity contribution in [3.8, 4) is 0 Å². The summed E-state index contributed by atoms with van der Waals surface area (Å²) in [5.41, 5.74) is 1.62. The van der Waals surface area contributed by atoms with Crippen molar-refractivity contribution in [1.82, 2.24) is 0 Å². The molecule has 0 aromatic carbocycles. The summed E-state index contributed by atoms with van der Waals surface area (Å²) in [5, 5.41) is 0. The smallest absolute Gasteiger partial charge is 0.131 e. The molecule has 0 aliphatic rings. The standard InChI is InChI=1S/C14H14O3/c1-11(13-5-3-7-16-13)9-15-10-12(2)14-6-4-8-17-14/h3-8H,1-2,9-10H2. The van der Waals surface area contributed by atoms with E-state index in [1.165, 1.54) is 0 Å². The second-order valence-electron chi connectivity index (χ2n) is 3.65. The van der Waals surface area contributed by atoms with Crippen LogP contribution < -0.4 is 0 Å². The topological polar surface area (TPSA) is 35.5 Å². The first-order chi connectivity index (χ1) is 8.27. The van der Waals surface area contributed by atoms with Crippen LogP contribution in [0.25, 0.3) is 11.1 Å². The summed E-state index contributed by atoms with van der Waals surface area (Å²) in [6.07, 6.45) is 3.23. The summed E-state index contributed by atoms with van der Waals surface area (Å²) in [5.74, 6) is 1.49. The summed E-state index contributed by atoms with van der Waals surface area (Å²) < 4.78 is 15.9. The van der Waals surface area contributed by atoms with Gasteiger partial charge in [0, 0.05) is 11.1 Å². The highest BCUT2D eigenvalue weighted by Gasteiger charge is 2.04. The van der Waals surface area contributed by atoms with Crippen molar-refractivity contribution in [2.75, 3.05) is 13.2 Å². The third-order valence-electron chi connectivity index (χ3n) is 2.29. The van der Waals surface area contributed by atoms with E-state index >= 15 is 0 Å². The Labute approximate surface area is 100 Å². The average Bonchev–Trinajstić information content (AvgIpc) is 3.02. The predicted molar refractivity (Wildman–Crippen MR) is 66.3 cm³/mol. The van der Waals surface area contributed by atoms with Gasteiger partial charge in [0.05, 0.1) is 25.7 Å². The summed E-state index contributed by atoms with van der Waals surface area (Å²) in [6, 6.07) is 7.35. The minimum atomic E-state index is 0.410. The van der Waals surface area contributed by atoms with Gasteiger partial charge in [0.1, 0.15) is 11.5 Å². The van der Waals surface area contributed by atoms with Gasteiger partial charge in [-0.1, -0.05) is 13.2 Å². The molecule has 0 spiro atoms. The molecule has 0 atom stereocenters. The van der Waals surface area contributed by atoms with Crippen LogP contribution in [0.5, 0.6) is 0 Å². The lowest BCUT2D eigenvalue weighted by Gasteiger charge is -2.05. The molecule has 3 nitrogen and oxygen atoms in total. The zero-order valence-corrected chi connectivity index (χ0v) is 9.52. The molecule has 2 aromatic heterocycles. The molecule has 88 valence electrons. The predicted octanol–water partition coefficient (Wildman–Crippen LogP) is 3.62. The van der Waals surface area contributed by atoms with Crippen molar-refractivity contribution in [2.45, 2.75) is 0 Å². The van der Waals surface area contributed by atoms with Crippen molar-refractivity contribution < 1.29 is 13.6 Å². The van der Waals surface area contributed by atoms with Gasteiger partial charge in [0.15, 0.2) is 0 Å². The maximum absolute atomic E-state index is 5.49. The van der Waals surface area contributed by atoms with Crippen LogP contribution in [0.15, 0.2) is 58.8 Å². The molecule has 0 radical (unpaired) electrons. The number of rotatable bonds is 6. The third kappa shape index (κ3) is 2.98. The average molecular weight is 230 g/mol. The van der Waals surface area contributed by atoms with Crippen LogP contribution in [0.3, 0.4) is 0 Å². The van der Waals surface area contributed by atoms with E-state index < -0.39 is 0 Å². The molecule has 0 unspecified atom stereocenters. The van der Waals surface area contributed by atoms with Crippen LogP contribution >= 0.6 is 0 Å². The summed E-state index contributed by atoms with van der Waals surface area (Å²) in [4.78, 5) is 0. The van der Waals surface area contributed by atoms with Crippen LogP contribution in [-0.4, -0.2) is 13.2 Å². The fourth-order valence-corrected chi connectivity index (χ4v) is 1.40. The monoisotopic (exact) mass is 230 g/mol. The number of hydrogen-bond acceptors (Lipinski definition) is 3. The molecular formula is C14H14O3. The van der Waals surface area contributed by atoms with Crippen molar-refractivity contribution in [3.63, 3.8) is 0 Å². The van der Waals surface area contributed by atoms with Crippen LogP contribution in [-0.2, 0) is 4.74 Å². The molecular weight excluding hydrogens is 216 g/mol. The lowest BCUT2D eigenvalue weighted by Crippen LogP contribution is -1.99. The number of hydrogen-bond donors (Lipinski definition) is 0. The molecule has 3 heteroatoms. The minimum absolute atomic E-state index is 0.410. The molecule has 2 aromatic rings. The molecule has 2 heterocycles. The molecule has 2 rings (SSSR count). The number of furan rings is 2. The maximum atomic E-state index is 5.49. The summed E-state index contributed by atoms with van der Waals surface area (Å²) in [7, 11) is 0. The van der Waals surface area contributed by atoms with E-state index in [9.17, 15) is 0 Å². The molecule has 0 bridgehead atoms. The normalized spacial score (nSPS) is 10.4. The highest BCUT2D eigenvalue weighted by molar-refractivity contribution is 5.61. The van der Waals surface area contributed by atoms with Gasteiger partial charge in [-0.25, -0.2) is 0 Å². The zero-order chi connectivity index (χ0) is 12.1. The van der Waals surface area contributed by atoms with Gasteiger partial charge in [-0.05, 0) is 24.3 Å². The molecule has 0 amide bonds. The molecule has 17 heavy (non-hydrogen) atoms. The second-order valence-corrected chi connectivity index (χ2v) is 3.65. The first-order valence-electron chi connectivity index (χ1n) is 5.28. The molecule has 0 aliphatic carbocycles. The van der Waals surface area contributed by atoms with Gasteiger partial charge < -0.3 is 13.6 Å². The Bertz CT molecular complexity index is 431. The highest BCUT2D eigenvalue weighted by Crippen LogP contribution is 2.16. The molecule has 0 aliphatic heterocycles. The fourth-order valence-electron chi connectivity index (χ4n) is 1.40. The van der Waals surface area contributed by atoms with E-state index in [-0.39, 0.29) is 0 Å². The van der Waals surface area contributed by atoms with Crippen LogP contribution in [0.2, 0.25) is 0 Å². The Balaban J connectivity index is 1.77. The Morgan fingerprint density at radius 1 is 0.941 bits per heavy atom. The minimum Gasteiger partial charge on any atom is -0.465 e. The molecule has 0 saturated heterocycles. The van der Waals surface area contributed by atoms with Crippen molar-refractivity contribution in [1.29, 1.82) is 0 Å². The maximum Gasteiger partial charge on any atom is 0.131 e. The first kappa shape index (κ1) is 11.5. The summed E-state index contributed by atoms with van der Waals surface area (Å²) in [6.45, 7) is 8.59. The molecule has 0 saturated carbocycles. The Morgan fingerprint density at radius 3 is 1.76 bits per heavy atom. The third-order valence-corrected chi connectivity index (χ3v) is 2.29. The van der Waals surface area contributed by atoms with Gasteiger partial charge in [-0.3, -0.25) is 0 Å². The van der Waals surface area contributed by atoms with Gasteiger partial charge in [-0.15, -0.1) is 0 Å². The fraction of sp³-hybridized carbons (Fsp3) is 0.143. The van der Waals surface area contributed by atoms with E-state index in [1.54, 1.807) is 12.5 Å². The molecule has 0 N–H and O–H groups in total. The summed E-state index contributed by atoms with van der Waals surface area (Å²) >= 11 is 0. The van der Waals surface area contributed by atoms with Gasteiger partial charge in [0.2, 0.25) is 0 Å². The van der Waals surface area contributed by atoms with Gasteiger partial charge in [0.25, 0.3) is 0 Å². The molecule has 0 fully saturated rings. The van der Waals surface area contributed by atoms with Crippen LogP contribution in [0, 0.1) is 0 Å². The Kier molecular flexibility index (Phi) is 3.62.